The predicted octanol–water partition coefficient (Wildman–Crippen LogP) is 2.75. The molecule has 6 heteroatoms. The molecule has 0 spiro atoms. The first kappa shape index (κ1) is 15.3. The summed E-state index contributed by atoms with van der Waals surface area (Å²) in [5, 5.41) is 8.91. The summed E-state index contributed by atoms with van der Waals surface area (Å²) in [6.07, 6.45) is 0. The number of carboxylic acid groups (broad SMARTS) is 1. The van der Waals surface area contributed by atoms with E-state index in [1.807, 2.05) is 13.8 Å². The number of carbonyl (C=O) groups excluding carboxylic acids is 1. The van der Waals surface area contributed by atoms with Crippen molar-refractivity contribution in [1.82, 2.24) is 0 Å². The summed E-state index contributed by atoms with van der Waals surface area (Å²) in [5.41, 5.74) is 0.376. The minimum atomic E-state index is -1.56. The molecule has 0 fully saturated rings. The Bertz CT molecular complexity index is 522. The Kier molecular flexibility index (Phi) is 4.78. The lowest BCUT2D eigenvalue weighted by atomic mass is 9.93. The van der Waals surface area contributed by atoms with Crippen molar-refractivity contribution in [3.8, 4) is 11.5 Å². The number of ketones is 1. The van der Waals surface area contributed by atoms with Crippen LogP contribution >= 0.6 is 11.6 Å². The minimum absolute atomic E-state index is 0.0359. The van der Waals surface area contributed by atoms with E-state index in [9.17, 15) is 9.59 Å². The summed E-state index contributed by atoms with van der Waals surface area (Å²) < 4.78 is 10.4. The van der Waals surface area contributed by atoms with Crippen molar-refractivity contribution in [2.24, 2.45) is 0 Å². The third kappa shape index (κ3) is 2.81. The largest absolute Gasteiger partial charge is 0.493 e. The fourth-order valence-electron chi connectivity index (χ4n) is 1.88. The van der Waals surface area contributed by atoms with E-state index in [2.05, 4.69) is 0 Å². The molecule has 0 bridgehead atoms. The molecule has 0 aliphatic heterocycles. The Labute approximate surface area is 116 Å². The van der Waals surface area contributed by atoms with Gasteiger partial charge in [-0.05, 0) is 5.92 Å². The van der Waals surface area contributed by atoms with Crippen LogP contribution in [0, 0.1) is 0 Å². The van der Waals surface area contributed by atoms with Gasteiger partial charge in [0.1, 0.15) is 0 Å². The van der Waals surface area contributed by atoms with E-state index in [1.54, 1.807) is 0 Å². The lowest BCUT2D eigenvalue weighted by Gasteiger charge is -2.19. The number of carboxylic acids is 1. The molecule has 1 rings (SSSR count). The smallest absolute Gasteiger partial charge is 0.377 e. The molecular formula is C13H15ClO5. The average Bonchev–Trinajstić information content (AvgIpc) is 2.35. The van der Waals surface area contributed by atoms with Crippen molar-refractivity contribution in [2.75, 3.05) is 14.2 Å². The topological polar surface area (TPSA) is 72.8 Å². The molecule has 1 aromatic carbocycles. The van der Waals surface area contributed by atoms with Crippen molar-refractivity contribution >= 4 is 23.4 Å². The van der Waals surface area contributed by atoms with Gasteiger partial charge in [0, 0.05) is 11.6 Å². The number of hydrogen-bond donors (Lipinski definition) is 1. The lowest BCUT2D eigenvalue weighted by Crippen LogP contribution is -2.17. The molecule has 0 saturated carbocycles. The fourth-order valence-corrected chi connectivity index (χ4v) is 2.17. The molecule has 0 radical (unpaired) electrons. The van der Waals surface area contributed by atoms with Gasteiger partial charge in [0.05, 0.1) is 24.8 Å². The summed E-state index contributed by atoms with van der Waals surface area (Å²) in [5.74, 6) is -2.09. The molecule has 0 aliphatic carbocycles. The zero-order valence-electron chi connectivity index (χ0n) is 11.1. The van der Waals surface area contributed by atoms with Gasteiger partial charge in [-0.25, -0.2) is 4.79 Å². The van der Waals surface area contributed by atoms with Crippen molar-refractivity contribution in [1.29, 1.82) is 0 Å². The van der Waals surface area contributed by atoms with Crippen LogP contribution < -0.4 is 9.47 Å². The third-order valence-corrected chi connectivity index (χ3v) is 2.96. The quantitative estimate of drug-likeness (QED) is 0.665. The van der Waals surface area contributed by atoms with Gasteiger partial charge < -0.3 is 14.6 Å². The molecule has 0 aliphatic rings. The number of ether oxygens (including phenoxy) is 2. The molecule has 5 nitrogen and oxygen atoms in total. The molecule has 1 N–H and O–H groups in total. The molecule has 0 heterocycles. The molecule has 0 amide bonds. The Morgan fingerprint density at radius 2 is 1.84 bits per heavy atom. The van der Waals surface area contributed by atoms with Crippen molar-refractivity contribution in [2.45, 2.75) is 19.8 Å². The van der Waals surface area contributed by atoms with Gasteiger partial charge in [0.15, 0.2) is 11.5 Å². The fraction of sp³-hybridized carbons (Fsp3) is 0.385. The van der Waals surface area contributed by atoms with E-state index in [1.165, 1.54) is 20.3 Å². The van der Waals surface area contributed by atoms with Crippen LogP contribution in [0.5, 0.6) is 11.5 Å². The Morgan fingerprint density at radius 1 is 1.26 bits per heavy atom. The second kappa shape index (κ2) is 5.93. The zero-order chi connectivity index (χ0) is 14.7. The molecular weight excluding hydrogens is 272 g/mol. The van der Waals surface area contributed by atoms with Gasteiger partial charge in [0.2, 0.25) is 0 Å². The third-order valence-electron chi connectivity index (χ3n) is 2.66. The summed E-state index contributed by atoms with van der Waals surface area (Å²) >= 11 is 6.01. The lowest BCUT2D eigenvalue weighted by molar-refractivity contribution is -0.131. The van der Waals surface area contributed by atoms with Crippen LogP contribution in [0.4, 0.5) is 0 Å². The van der Waals surface area contributed by atoms with E-state index in [0.29, 0.717) is 17.1 Å². The van der Waals surface area contributed by atoms with Crippen LogP contribution in [-0.2, 0) is 4.79 Å². The van der Waals surface area contributed by atoms with Gasteiger partial charge in [0.25, 0.3) is 5.78 Å². The number of aliphatic carboxylic acids is 1. The molecule has 0 saturated heterocycles. The maximum Gasteiger partial charge on any atom is 0.377 e. The second-order valence-corrected chi connectivity index (χ2v) is 4.58. The standard InChI is InChI=1S/C13H15ClO5/c1-6(2)9-10(11(15)13(16)17)7(14)5-8(18-3)12(9)19-4/h5-6H,1-4H3,(H,16,17). The van der Waals surface area contributed by atoms with Crippen molar-refractivity contribution in [3.63, 3.8) is 0 Å². The highest BCUT2D eigenvalue weighted by Crippen LogP contribution is 2.42. The Hall–Kier alpha value is -1.75. The van der Waals surface area contributed by atoms with Crippen molar-refractivity contribution in [3.05, 3.63) is 22.2 Å². The van der Waals surface area contributed by atoms with Crippen LogP contribution in [0.2, 0.25) is 5.02 Å². The van der Waals surface area contributed by atoms with Gasteiger partial charge in [-0.3, -0.25) is 4.79 Å². The van der Waals surface area contributed by atoms with Gasteiger partial charge in [-0.1, -0.05) is 25.4 Å². The van der Waals surface area contributed by atoms with E-state index in [4.69, 9.17) is 26.2 Å². The van der Waals surface area contributed by atoms with E-state index < -0.39 is 11.8 Å². The van der Waals surface area contributed by atoms with Crippen LogP contribution in [0.1, 0.15) is 35.7 Å². The number of rotatable bonds is 5. The van der Waals surface area contributed by atoms with Crippen molar-refractivity contribution < 1.29 is 24.2 Å². The first-order valence-corrected chi connectivity index (χ1v) is 5.94. The molecule has 19 heavy (non-hydrogen) atoms. The monoisotopic (exact) mass is 286 g/mol. The highest BCUT2D eigenvalue weighted by atomic mass is 35.5. The number of hydrogen-bond acceptors (Lipinski definition) is 4. The normalized spacial score (nSPS) is 10.4. The molecule has 0 atom stereocenters. The first-order chi connectivity index (χ1) is 8.84. The number of benzene rings is 1. The summed E-state index contributed by atoms with van der Waals surface area (Å²) in [7, 11) is 2.86. The predicted molar refractivity (Wildman–Crippen MR) is 70.6 cm³/mol. The summed E-state index contributed by atoms with van der Waals surface area (Å²) in [6, 6.07) is 1.38. The van der Waals surface area contributed by atoms with Crippen LogP contribution in [0.3, 0.4) is 0 Å². The van der Waals surface area contributed by atoms with Gasteiger partial charge in [-0.2, -0.15) is 0 Å². The molecule has 0 aromatic heterocycles. The number of methoxy groups -OCH3 is 2. The molecule has 0 unspecified atom stereocenters. The van der Waals surface area contributed by atoms with E-state index in [-0.39, 0.29) is 16.5 Å². The van der Waals surface area contributed by atoms with Crippen LogP contribution in [0.15, 0.2) is 6.07 Å². The molecule has 1 aromatic rings. The van der Waals surface area contributed by atoms with E-state index >= 15 is 0 Å². The number of Topliss-reactive ketones (excluding diaryl/α,β-unsaturated/α-hetero) is 1. The van der Waals surface area contributed by atoms with Gasteiger partial charge >= 0.3 is 5.97 Å². The maximum absolute atomic E-state index is 11.8. The minimum Gasteiger partial charge on any atom is -0.493 e. The van der Waals surface area contributed by atoms with Crippen LogP contribution in [0.25, 0.3) is 0 Å². The maximum atomic E-state index is 11.8. The van der Waals surface area contributed by atoms with E-state index in [0.717, 1.165) is 0 Å². The Balaban J connectivity index is 3.71. The molecule has 104 valence electrons. The highest BCUT2D eigenvalue weighted by Gasteiger charge is 2.28. The Morgan fingerprint density at radius 3 is 2.21 bits per heavy atom. The summed E-state index contributed by atoms with van der Waals surface area (Å²) in [4.78, 5) is 22.7. The second-order valence-electron chi connectivity index (χ2n) is 4.17. The highest BCUT2D eigenvalue weighted by molar-refractivity contribution is 6.45. The van der Waals surface area contributed by atoms with Gasteiger partial charge in [-0.15, -0.1) is 0 Å². The SMILES string of the molecule is COc1cc(Cl)c(C(=O)C(=O)O)c(C(C)C)c1OC. The number of halogens is 1. The first-order valence-electron chi connectivity index (χ1n) is 5.57. The number of carbonyl (C=O) groups is 2. The summed E-state index contributed by atoms with van der Waals surface area (Å²) in [6.45, 7) is 3.62. The van der Waals surface area contributed by atoms with Crippen LogP contribution in [-0.4, -0.2) is 31.1 Å². The zero-order valence-corrected chi connectivity index (χ0v) is 11.9. The average molecular weight is 287 g/mol.